The Bertz CT molecular complexity index is 350. The quantitative estimate of drug-likeness (QED) is 0.826. The molecular weight excluding hydrogens is 222 g/mol. The predicted molar refractivity (Wildman–Crippen MR) is 64.6 cm³/mol. The van der Waals surface area contributed by atoms with Crippen molar-refractivity contribution >= 4 is 11.5 Å². The van der Waals surface area contributed by atoms with E-state index in [2.05, 4.69) is 21.6 Å². The molecule has 90 valence electrons. The highest BCUT2D eigenvalue weighted by Crippen LogP contribution is 2.27. The van der Waals surface area contributed by atoms with E-state index in [1.807, 2.05) is 0 Å². The van der Waals surface area contributed by atoms with Gasteiger partial charge in [0.15, 0.2) is 0 Å². The minimum Gasteiger partial charge on any atom is -0.383 e. The van der Waals surface area contributed by atoms with Crippen molar-refractivity contribution in [2.24, 2.45) is 0 Å². The Kier molecular flexibility index (Phi) is 3.28. The van der Waals surface area contributed by atoms with Gasteiger partial charge in [-0.1, -0.05) is 0 Å². The lowest BCUT2D eigenvalue weighted by atomic mass is 9.95. The minimum absolute atomic E-state index is 0.406. The van der Waals surface area contributed by atoms with E-state index in [1.165, 1.54) is 18.0 Å². The Labute approximate surface area is 100 Å². The normalized spacial score (nSPS) is 27.0. The van der Waals surface area contributed by atoms with E-state index in [4.69, 9.17) is 0 Å². The van der Waals surface area contributed by atoms with Crippen LogP contribution in [0.15, 0.2) is 0 Å². The van der Waals surface area contributed by atoms with Gasteiger partial charge in [0, 0.05) is 18.5 Å². The Morgan fingerprint density at radius 1 is 1.44 bits per heavy atom. The topological polar surface area (TPSA) is 58.0 Å². The molecule has 1 aromatic rings. The van der Waals surface area contributed by atoms with Crippen LogP contribution in [-0.2, 0) is 5.60 Å². The maximum absolute atomic E-state index is 9.84. The largest absolute Gasteiger partial charge is 0.383 e. The van der Waals surface area contributed by atoms with E-state index in [1.54, 1.807) is 13.8 Å². The van der Waals surface area contributed by atoms with Crippen LogP contribution >= 0.6 is 11.5 Å². The Balaban J connectivity index is 2.08. The van der Waals surface area contributed by atoms with Crippen LogP contribution in [0.1, 0.15) is 50.4 Å². The first-order valence-corrected chi connectivity index (χ1v) is 6.54. The van der Waals surface area contributed by atoms with Gasteiger partial charge in [0.2, 0.25) is 0 Å². The molecule has 2 rings (SSSR count). The summed E-state index contributed by atoms with van der Waals surface area (Å²) in [5.74, 6) is 1.30. The highest BCUT2D eigenvalue weighted by molar-refractivity contribution is 7.05. The summed E-state index contributed by atoms with van der Waals surface area (Å²) in [6.45, 7) is 6.65. The molecule has 1 aliphatic heterocycles. The lowest BCUT2D eigenvalue weighted by Crippen LogP contribution is -2.36. The maximum Gasteiger partial charge on any atom is 0.147 e. The number of aliphatic hydroxyl groups is 1. The van der Waals surface area contributed by atoms with Crippen LogP contribution in [-0.4, -0.2) is 27.1 Å². The molecule has 16 heavy (non-hydrogen) atoms. The third kappa shape index (κ3) is 2.59. The Morgan fingerprint density at radius 3 is 2.69 bits per heavy atom. The minimum atomic E-state index is -0.870. The second kappa shape index (κ2) is 4.39. The van der Waals surface area contributed by atoms with E-state index in [0.717, 1.165) is 18.8 Å². The average molecular weight is 241 g/mol. The SMILES string of the molecule is C[C@@H]1CC[C@@H](c2nsc(C(C)(C)O)n2)CN1. The molecule has 0 unspecified atom stereocenters. The summed E-state index contributed by atoms with van der Waals surface area (Å²) < 4.78 is 4.36. The average Bonchev–Trinajstić information content (AvgIpc) is 2.67. The fourth-order valence-electron chi connectivity index (χ4n) is 1.87. The van der Waals surface area contributed by atoms with Crippen molar-refractivity contribution in [3.05, 3.63) is 10.8 Å². The first-order valence-electron chi connectivity index (χ1n) is 5.76. The zero-order valence-electron chi connectivity index (χ0n) is 10.0. The molecule has 2 heterocycles. The molecule has 0 spiro atoms. The molecule has 1 aliphatic rings. The van der Waals surface area contributed by atoms with E-state index in [9.17, 15) is 5.11 Å². The van der Waals surface area contributed by atoms with Crippen molar-refractivity contribution < 1.29 is 5.11 Å². The van der Waals surface area contributed by atoms with Gasteiger partial charge in [-0.15, -0.1) is 0 Å². The maximum atomic E-state index is 9.84. The molecule has 5 heteroatoms. The van der Waals surface area contributed by atoms with Gasteiger partial charge in [0.25, 0.3) is 0 Å². The summed E-state index contributed by atoms with van der Waals surface area (Å²) in [7, 11) is 0. The number of hydrogen-bond acceptors (Lipinski definition) is 5. The van der Waals surface area contributed by atoms with E-state index < -0.39 is 5.60 Å². The van der Waals surface area contributed by atoms with Crippen LogP contribution in [0.2, 0.25) is 0 Å². The van der Waals surface area contributed by atoms with Crippen molar-refractivity contribution in [2.45, 2.75) is 51.2 Å². The summed E-state index contributed by atoms with van der Waals surface area (Å²) in [6.07, 6.45) is 2.30. The van der Waals surface area contributed by atoms with Crippen LogP contribution in [0, 0.1) is 0 Å². The zero-order valence-corrected chi connectivity index (χ0v) is 10.8. The number of aromatic nitrogens is 2. The number of hydrogen-bond donors (Lipinski definition) is 2. The molecule has 1 aromatic heterocycles. The van der Waals surface area contributed by atoms with Gasteiger partial charge in [-0.05, 0) is 45.1 Å². The first-order chi connectivity index (χ1) is 7.47. The fraction of sp³-hybridized carbons (Fsp3) is 0.818. The highest BCUT2D eigenvalue weighted by Gasteiger charge is 2.26. The number of nitrogens with zero attached hydrogens (tertiary/aromatic N) is 2. The van der Waals surface area contributed by atoms with Gasteiger partial charge in [-0.25, -0.2) is 4.98 Å². The third-order valence-corrected chi connectivity index (χ3v) is 4.03. The third-order valence-electron chi connectivity index (χ3n) is 2.99. The van der Waals surface area contributed by atoms with E-state index in [0.29, 0.717) is 17.0 Å². The number of nitrogens with one attached hydrogen (secondary N) is 1. The second-order valence-electron chi connectivity index (χ2n) is 5.10. The van der Waals surface area contributed by atoms with Gasteiger partial charge in [0.1, 0.15) is 16.4 Å². The molecule has 0 aliphatic carbocycles. The molecule has 0 amide bonds. The van der Waals surface area contributed by atoms with Crippen molar-refractivity contribution in [3.63, 3.8) is 0 Å². The lowest BCUT2D eigenvalue weighted by Gasteiger charge is -2.25. The standard InChI is InChI=1S/C11H19N3OS/c1-7-4-5-8(6-12-7)9-13-10(16-14-9)11(2,3)15/h7-8,12,15H,4-6H2,1-3H3/t7-,8-/m1/s1. The van der Waals surface area contributed by atoms with Gasteiger partial charge in [0.05, 0.1) is 0 Å². The molecule has 2 N–H and O–H groups in total. The molecule has 2 atom stereocenters. The van der Waals surface area contributed by atoms with Crippen LogP contribution in [0.5, 0.6) is 0 Å². The lowest BCUT2D eigenvalue weighted by molar-refractivity contribution is 0.0780. The predicted octanol–water partition coefficient (Wildman–Crippen LogP) is 1.62. The molecule has 0 bridgehead atoms. The van der Waals surface area contributed by atoms with Crippen LogP contribution < -0.4 is 5.32 Å². The van der Waals surface area contributed by atoms with Crippen LogP contribution in [0.4, 0.5) is 0 Å². The van der Waals surface area contributed by atoms with Gasteiger partial charge in [-0.3, -0.25) is 0 Å². The van der Waals surface area contributed by atoms with Crippen molar-refractivity contribution in [2.75, 3.05) is 6.54 Å². The van der Waals surface area contributed by atoms with Gasteiger partial charge < -0.3 is 10.4 Å². The molecule has 0 aromatic carbocycles. The summed E-state index contributed by atoms with van der Waals surface area (Å²) in [6, 6.07) is 0.601. The first kappa shape index (κ1) is 12.0. The van der Waals surface area contributed by atoms with Crippen LogP contribution in [0.25, 0.3) is 0 Å². The van der Waals surface area contributed by atoms with E-state index in [-0.39, 0.29) is 0 Å². The molecule has 0 radical (unpaired) electrons. The van der Waals surface area contributed by atoms with Crippen molar-refractivity contribution in [3.8, 4) is 0 Å². The molecule has 1 fully saturated rings. The number of rotatable bonds is 2. The van der Waals surface area contributed by atoms with Gasteiger partial charge >= 0.3 is 0 Å². The van der Waals surface area contributed by atoms with E-state index >= 15 is 0 Å². The van der Waals surface area contributed by atoms with Crippen molar-refractivity contribution in [1.82, 2.24) is 14.7 Å². The Morgan fingerprint density at radius 2 is 2.19 bits per heavy atom. The van der Waals surface area contributed by atoms with Crippen LogP contribution in [0.3, 0.4) is 0 Å². The Hall–Kier alpha value is -0.520. The van der Waals surface area contributed by atoms with Crippen molar-refractivity contribution in [1.29, 1.82) is 0 Å². The smallest absolute Gasteiger partial charge is 0.147 e. The molecular formula is C11H19N3OS. The molecule has 0 saturated carbocycles. The highest BCUT2D eigenvalue weighted by atomic mass is 32.1. The second-order valence-corrected chi connectivity index (χ2v) is 5.85. The summed E-state index contributed by atoms with van der Waals surface area (Å²) in [5.41, 5.74) is -0.870. The molecule has 1 saturated heterocycles. The summed E-state index contributed by atoms with van der Waals surface area (Å²) in [4.78, 5) is 4.45. The monoisotopic (exact) mass is 241 g/mol. The molecule has 4 nitrogen and oxygen atoms in total. The summed E-state index contributed by atoms with van der Waals surface area (Å²) in [5, 5.41) is 14.0. The summed E-state index contributed by atoms with van der Waals surface area (Å²) >= 11 is 1.31. The zero-order chi connectivity index (χ0) is 11.8. The van der Waals surface area contributed by atoms with Gasteiger partial charge in [-0.2, -0.15) is 4.37 Å². The fourth-order valence-corrected chi connectivity index (χ4v) is 2.60. The number of piperidine rings is 1.